The molecule has 0 radical (unpaired) electrons. The van der Waals surface area contributed by atoms with Crippen LogP contribution >= 0.6 is 23.2 Å². The summed E-state index contributed by atoms with van der Waals surface area (Å²) < 4.78 is 4.97. The van der Waals surface area contributed by atoms with Gasteiger partial charge in [0, 0.05) is 16.5 Å². The van der Waals surface area contributed by atoms with Crippen LogP contribution < -0.4 is 5.32 Å². The molecule has 0 saturated carbocycles. The van der Waals surface area contributed by atoms with Crippen molar-refractivity contribution in [1.29, 1.82) is 0 Å². The average molecular weight is 302 g/mol. The highest BCUT2D eigenvalue weighted by atomic mass is 35.5. The highest BCUT2D eigenvalue weighted by Gasteiger charge is 2.32. The summed E-state index contributed by atoms with van der Waals surface area (Å²) in [6, 6.07) is 4.47. The standard InChI is InChI=1S/C13H13Cl2NO3/c1-7-5-11(13(18)19-7)16-12(17)6-8-9(14)3-2-4-10(8)15/h2-4,7,11H,5-6H2,1H3,(H,16,17)/t7-,11+/m1/s1. The number of halogens is 2. The van der Waals surface area contributed by atoms with Gasteiger partial charge in [0.1, 0.15) is 12.1 Å². The van der Waals surface area contributed by atoms with Crippen molar-refractivity contribution in [2.45, 2.75) is 31.9 Å². The molecule has 1 amide bonds. The maximum atomic E-state index is 11.9. The number of rotatable bonds is 3. The summed E-state index contributed by atoms with van der Waals surface area (Å²) in [5.41, 5.74) is 0.558. The number of hydrogen-bond donors (Lipinski definition) is 1. The van der Waals surface area contributed by atoms with Gasteiger partial charge in [-0.25, -0.2) is 4.79 Å². The van der Waals surface area contributed by atoms with Gasteiger partial charge in [-0.1, -0.05) is 29.3 Å². The lowest BCUT2D eigenvalue weighted by Crippen LogP contribution is -2.38. The van der Waals surface area contributed by atoms with E-state index >= 15 is 0 Å². The first kappa shape index (κ1) is 14.2. The van der Waals surface area contributed by atoms with Gasteiger partial charge in [0.25, 0.3) is 0 Å². The number of benzene rings is 1. The maximum absolute atomic E-state index is 11.9. The zero-order chi connectivity index (χ0) is 14.0. The molecule has 19 heavy (non-hydrogen) atoms. The van der Waals surface area contributed by atoms with Crippen molar-refractivity contribution in [3.05, 3.63) is 33.8 Å². The summed E-state index contributed by atoms with van der Waals surface area (Å²) in [4.78, 5) is 23.3. The van der Waals surface area contributed by atoms with Crippen molar-refractivity contribution in [3.8, 4) is 0 Å². The van der Waals surface area contributed by atoms with E-state index in [2.05, 4.69) is 5.32 Å². The molecular formula is C13H13Cl2NO3. The minimum absolute atomic E-state index is 0.0384. The SMILES string of the molecule is C[C@@H]1C[C@H](NC(=O)Cc2c(Cl)cccc2Cl)C(=O)O1. The van der Waals surface area contributed by atoms with Crippen LogP contribution in [0.1, 0.15) is 18.9 Å². The molecule has 2 atom stereocenters. The van der Waals surface area contributed by atoms with E-state index in [0.29, 0.717) is 22.0 Å². The Balaban J connectivity index is 2.00. The Morgan fingerprint density at radius 3 is 2.58 bits per heavy atom. The smallest absolute Gasteiger partial charge is 0.329 e. The second kappa shape index (κ2) is 5.80. The minimum Gasteiger partial charge on any atom is -0.461 e. The quantitative estimate of drug-likeness (QED) is 0.872. The molecule has 4 nitrogen and oxygen atoms in total. The Bertz CT molecular complexity index is 498. The number of esters is 1. The van der Waals surface area contributed by atoms with Gasteiger partial charge in [-0.2, -0.15) is 0 Å². The number of hydrogen-bond acceptors (Lipinski definition) is 3. The fraction of sp³-hybridized carbons (Fsp3) is 0.385. The molecule has 0 unspecified atom stereocenters. The van der Waals surface area contributed by atoms with Crippen LogP contribution in [-0.4, -0.2) is 24.0 Å². The first-order valence-electron chi connectivity index (χ1n) is 5.90. The fourth-order valence-electron chi connectivity index (χ4n) is 1.98. The van der Waals surface area contributed by atoms with Gasteiger partial charge < -0.3 is 10.1 Å². The Labute approximate surface area is 121 Å². The van der Waals surface area contributed by atoms with Crippen LogP contribution in [-0.2, 0) is 20.7 Å². The summed E-state index contributed by atoms with van der Waals surface area (Å²) in [5, 5.41) is 3.50. The predicted octanol–water partition coefficient (Wildman–Crippen LogP) is 2.36. The van der Waals surface area contributed by atoms with Crippen molar-refractivity contribution in [2.75, 3.05) is 0 Å². The summed E-state index contributed by atoms with van der Waals surface area (Å²) in [6.07, 6.45) is 0.360. The molecule has 0 aliphatic carbocycles. The van der Waals surface area contributed by atoms with Crippen LogP contribution in [0, 0.1) is 0 Å². The third kappa shape index (κ3) is 3.39. The van der Waals surface area contributed by atoms with Gasteiger partial charge in [-0.05, 0) is 24.6 Å². The highest BCUT2D eigenvalue weighted by Crippen LogP contribution is 2.24. The number of cyclic esters (lactones) is 1. The van der Waals surface area contributed by atoms with Crippen LogP contribution in [0.4, 0.5) is 0 Å². The van der Waals surface area contributed by atoms with Crippen LogP contribution in [0.25, 0.3) is 0 Å². The molecule has 0 bridgehead atoms. The van der Waals surface area contributed by atoms with Gasteiger partial charge >= 0.3 is 5.97 Å². The van der Waals surface area contributed by atoms with Crippen LogP contribution in [0.2, 0.25) is 10.0 Å². The van der Waals surface area contributed by atoms with Gasteiger partial charge in [-0.15, -0.1) is 0 Å². The van der Waals surface area contributed by atoms with E-state index in [9.17, 15) is 9.59 Å². The normalized spacial score (nSPS) is 22.2. The van der Waals surface area contributed by atoms with E-state index in [0.717, 1.165) is 0 Å². The number of ether oxygens (including phenoxy) is 1. The summed E-state index contributed by atoms with van der Waals surface area (Å²) in [7, 11) is 0. The molecule has 1 aromatic carbocycles. The predicted molar refractivity (Wildman–Crippen MR) is 72.3 cm³/mol. The summed E-state index contributed by atoms with van der Waals surface area (Å²) >= 11 is 12.0. The van der Waals surface area contributed by atoms with Crippen LogP contribution in [0.3, 0.4) is 0 Å². The number of carbonyl (C=O) groups excluding carboxylic acids is 2. The average Bonchev–Trinajstić information content (AvgIpc) is 2.63. The Morgan fingerprint density at radius 2 is 2.05 bits per heavy atom. The zero-order valence-corrected chi connectivity index (χ0v) is 11.8. The second-order valence-corrected chi connectivity index (χ2v) is 5.29. The molecule has 1 aromatic rings. The fourth-order valence-corrected chi connectivity index (χ4v) is 2.51. The van der Waals surface area contributed by atoms with E-state index in [4.69, 9.17) is 27.9 Å². The number of amides is 1. The molecule has 1 saturated heterocycles. The first-order valence-corrected chi connectivity index (χ1v) is 6.65. The number of nitrogens with one attached hydrogen (secondary N) is 1. The molecule has 0 spiro atoms. The lowest BCUT2D eigenvalue weighted by Gasteiger charge is -2.10. The van der Waals surface area contributed by atoms with Crippen molar-refractivity contribution < 1.29 is 14.3 Å². The Hall–Kier alpha value is -1.26. The Kier molecular flexibility index (Phi) is 4.32. The molecule has 0 aromatic heterocycles. The molecule has 1 aliphatic heterocycles. The molecule has 1 aliphatic rings. The van der Waals surface area contributed by atoms with E-state index < -0.39 is 12.0 Å². The van der Waals surface area contributed by atoms with E-state index in [1.54, 1.807) is 25.1 Å². The van der Waals surface area contributed by atoms with Crippen LogP contribution in [0.5, 0.6) is 0 Å². The van der Waals surface area contributed by atoms with E-state index in [-0.39, 0.29) is 18.4 Å². The van der Waals surface area contributed by atoms with Crippen molar-refractivity contribution in [1.82, 2.24) is 5.32 Å². The molecular weight excluding hydrogens is 289 g/mol. The van der Waals surface area contributed by atoms with Gasteiger partial charge in [0.05, 0.1) is 6.42 Å². The van der Waals surface area contributed by atoms with Crippen molar-refractivity contribution in [2.24, 2.45) is 0 Å². The van der Waals surface area contributed by atoms with E-state index in [1.165, 1.54) is 0 Å². The molecule has 102 valence electrons. The van der Waals surface area contributed by atoms with Gasteiger partial charge in [-0.3, -0.25) is 4.79 Å². The maximum Gasteiger partial charge on any atom is 0.329 e. The van der Waals surface area contributed by atoms with Gasteiger partial charge in [0.15, 0.2) is 0 Å². The third-order valence-corrected chi connectivity index (χ3v) is 3.61. The van der Waals surface area contributed by atoms with Crippen molar-refractivity contribution in [3.63, 3.8) is 0 Å². The molecule has 1 heterocycles. The zero-order valence-electron chi connectivity index (χ0n) is 10.3. The van der Waals surface area contributed by atoms with Crippen molar-refractivity contribution >= 4 is 35.1 Å². The van der Waals surface area contributed by atoms with Gasteiger partial charge in [0.2, 0.25) is 5.91 Å². The summed E-state index contributed by atoms with van der Waals surface area (Å²) in [6.45, 7) is 1.79. The summed E-state index contributed by atoms with van der Waals surface area (Å²) in [5.74, 6) is -0.697. The Morgan fingerprint density at radius 1 is 1.42 bits per heavy atom. The molecule has 1 fully saturated rings. The largest absolute Gasteiger partial charge is 0.461 e. The molecule has 2 rings (SSSR count). The lowest BCUT2D eigenvalue weighted by atomic mass is 10.1. The number of carbonyl (C=O) groups is 2. The first-order chi connectivity index (χ1) is 8.97. The third-order valence-electron chi connectivity index (χ3n) is 2.90. The minimum atomic E-state index is -0.580. The molecule has 6 heteroatoms. The molecule has 1 N–H and O–H groups in total. The topological polar surface area (TPSA) is 55.4 Å². The monoisotopic (exact) mass is 301 g/mol. The lowest BCUT2D eigenvalue weighted by molar-refractivity contribution is -0.143. The van der Waals surface area contributed by atoms with E-state index in [1.807, 2.05) is 0 Å². The highest BCUT2D eigenvalue weighted by molar-refractivity contribution is 6.36. The second-order valence-electron chi connectivity index (χ2n) is 4.48. The van der Waals surface area contributed by atoms with Crippen LogP contribution in [0.15, 0.2) is 18.2 Å².